The molecule has 1 rings (SSSR count). The maximum absolute atomic E-state index is 11.9. The Morgan fingerprint density at radius 3 is 1.94 bits per heavy atom. The molecule has 0 heterocycles. The summed E-state index contributed by atoms with van der Waals surface area (Å²) >= 11 is 6.18. The zero-order chi connectivity index (χ0) is 13.9. The molecule has 0 saturated carbocycles. The van der Waals surface area contributed by atoms with Gasteiger partial charge in [-0.05, 0) is 37.8 Å². The molecule has 0 radical (unpaired) electrons. The van der Waals surface area contributed by atoms with Crippen molar-refractivity contribution in [1.29, 1.82) is 0 Å². The van der Waals surface area contributed by atoms with Crippen LogP contribution in [0, 0.1) is 0 Å². The Morgan fingerprint density at radius 1 is 1.11 bits per heavy atom. The van der Waals surface area contributed by atoms with E-state index in [9.17, 15) is 4.79 Å². The minimum absolute atomic E-state index is 0.151. The first-order chi connectivity index (χ1) is 8.20. The molecule has 0 saturated heterocycles. The third kappa shape index (κ3) is 4.34. The quantitative estimate of drug-likeness (QED) is 0.824. The van der Waals surface area contributed by atoms with Crippen molar-refractivity contribution in [2.24, 2.45) is 0 Å². The van der Waals surface area contributed by atoms with Crippen LogP contribution in [0.5, 0.6) is 0 Å². The molecular weight excluding hydrogens is 246 g/mol. The van der Waals surface area contributed by atoms with E-state index in [1.54, 1.807) is 0 Å². The summed E-state index contributed by atoms with van der Waals surface area (Å²) < 4.78 is 0. The van der Waals surface area contributed by atoms with Gasteiger partial charge in [0.25, 0.3) is 0 Å². The second-order valence-electron chi connectivity index (χ2n) is 5.92. The maximum Gasteiger partial charge on any atom is 0.242 e. The molecule has 0 fully saturated rings. The van der Waals surface area contributed by atoms with Gasteiger partial charge in [0.2, 0.25) is 5.91 Å². The van der Waals surface area contributed by atoms with Gasteiger partial charge in [0.05, 0.1) is 0 Å². The SMILES string of the molecule is CC(C)c1ccc(C(Cl)C(=O)NC(C)(C)C)cc1. The third-order valence-electron chi connectivity index (χ3n) is 2.62. The summed E-state index contributed by atoms with van der Waals surface area (Å²) in [7, 11) is 0. The zero-order valence-electron chi connectivity index (χ0n) is 11.8. The predicted octanol–water partition coefficient (Wildman–Crippen LogP) is 4.00. The molecule has 0 aromatic heterocycles. The van der Waals surface area contributed by atoms with E-state index in [1.165, 1.54) is 5.56 Å². The van der Waals surface area contributed by atoms with Crippen LogP contribution in [0.2, 0.25) is 0 Å². The monoisotopic (exact) mass is 267 g/mol. The first kappa shape index (κ1) is 15.0. The normalized spacial score (nSPS) is 13.5. The topological polar surface area (TPSA) is 29.1 Å². The molecule has 1 amide bonds. The minimum atomic E-state index is -0.634. The van der Waals surface area contributed by atoms with E-state index in [1.807, 2.05) is 45.0 Å². The first-order valence-electron chi connectivity index (χ1n) is 6.26. The molecule has 1 atom stereocenters. The molecule has 2 nitrogen and oxygen atoms in total. The lowest BCUT2D eigenvalue weighted by atomic mass is 10.0. The van der Waals surface area contributed by atoms with Crippen LogP contribution in [0.3, 0.4) is 0 Å². The van der Waals surface area contributed by atoms with Gasteiger partial charge in [0.15, 0.2) is 0 Å². The van der Waals surface area contributed by atoms with Gasteiger partial charge in [-0.25, -0.2) is 0 Å². The van der Waals surface area contributed by atoms with Crippen molar-refractivity contribution < 1.29 is 4.79 Å². The van der Waals surface area contributed by atoms with Crippen molar-refractivity contribution >= 4 is 17.5 Å². The second-order valence-corrected chi connectivity index (χ2v) is 6.36. The summed E-state index contributed by atoms with van der Waals surface area (Å²) in [6.45, 7) is 10.1. The van der Waals surface area contributed by atoms with Crippen LogP contribution in [0.25, 0.3) is 0 Å². The molecule has 0 aliphatic carbocycles. The van der Waals surface area contributed by atoms with Gasteiger partial charge in [-0.2, -0.15) is 0 Å². The van der Waals surface area contributed by atoms with Crippen LogP contribution in [0.1, 0.15) is 57.0 Å². The largest absolute Gasteiger partial charge is 0.350 e. The van der Waals surface area contributed by atoms with Crippen LogP contribution in [0.15, 0.2) is 24.3 Å². The summed E-state index contributed by atoms with van der Waals surface area (Å²) in [4.78, 5) is 11.9. The van der Waals surface area contributed by atoms with Gasteiger partial charge in [0.1, 0.15) is 5.38 Å². The minimum Gasteiger partial charge on any atom is -0.350 e. The van der Waals surface area contributed by atoms with E-state index in [2.05, 4.69) is 19.2 Å². The summed E-state index contributed by atoms with van der Waals surface area (Å²) in [5.74, 6) is 0.331. The van der Waals surface area contributed by atoms with E-state index in [0.29, 0.717) is 5.92 Å². The lowest BCUT2D eigenvalue weighted by Gasteiger charge is -2.22. The fourth-order valence-corrected chi connectivity index (χ4v) is 1.83. The zero-order valence-corrected chi connectivity index (χ0v) is 12.5. The average Bonchev–Trinajstić information content (AvgIpc) is 2.26. The third-order valence-corrected chi connectivity index (χ3v) is 3.07. The molecule has 1 aromatic carbocycles. The van der Waals surface area contributed by atoms with Gasteiger partial charge < -0.3 is 5.32 Å². The summed E-state index contributed by atoms with van der Waals surface area (Å²) in [5.41, 5.74) is 1.82. The van der Waals surface area contributed by atoms with E-state index in [4.69, 9.17) is 11.6 Å². The fraction of sp³-hybridized carbons (Fsp3) is 0.533. The number of nitrogens with one attached hydrogen (secondary N) is 1. The highest BCUT2D eigenvalue weighted by atomic mass is 35.5. The number of hydrogen-bond donors (Lipinski definition) is 1. The van der Waals surface area contributed by atoms with Crippen LogP contribution in [-0.2, 0) is 4.79 Å². The number of rotatable bonds is 3. The van der Waals surface area contributed by atoms with Gasteiger partial charge in [0, 0.05) is 5.54 Å². The Kier molecular flexibility index (Phi) is 4.80. The van der Waals surface area contributed by atoms with Crippen molar-refractivity contribution in [2.75, 3.05) is 0 Å². The molecule has 1 unspecified atom stereocenters. The molecule has 1 aromatic rings. The van der Waals surface area contributed by atoms with Crippen molar-refractivity contribution in [3.8, 4) is 0 Å². The van der Waals surface area contributed by atoms with Crippen LogP contribution in [-0.4, -0.2) is 11.4 Å². The van der Waals surface area contributed by atoms with Crippen molar-refractivity contribution in [3.63, 3.8) is 0 Å². The Hall–Kier alpha value is -1.02. The van der Waals surface area contributed by atoms with Gasteiger partial charge in [-0.3, -0.25) is 4.79 Å². The van der Waals surface area contributed by atoms with Gasteiger partial charge in [-0.1, -0.05) is 38.1 Å². The lowest BCUT2D eigenvalue weighted by Crippen LogP contribution is -2.42. The molecule has 1 N–H and O–H groups in total. The first-order valence-corrected chi connectivity index (χ1v) is 6.70. The molecule has 0 aliphatic rings. The summed E-state index contributed by atoms with van der Waals surface area (Å²) in [6, 6.07) is 7.91. The summed E-state index contributed by atoms with van der Waals surface area (Å²) in [5, 5.41) is 2.25. The van der Waals surface area contributed by atoms with Crippen LogP contribution < -0.4 is 5.32 Å². The highest BCUT2D eigenvalue weighted by Crippen LogP contribution is 2.24. The van der Waals surface area contributed by atoms with Gasteiger partial charge in [-0.15, -0.1) is 11.6 Å². The number of benzene rings is 1. The molecular formula is C15H22ClNO. The van der Waals surface area contributed by atoms with E-state index in [0.717, 1.165) is 5.56 Å². The number of carbonyl (C=O) groups is 1. The van der Waals surface area contributed by atoms with Crippen LogP contribution in [0.4, 0.5) is 0 Å². The number of hydrogen-bond acceptors (Lipinski definition) is 1. The molecule has 100 valence electrons. The number of carbonyl (C=O) groups excluding carboxylic acids is 1. The molecule has 0 aliphatic heterocycles. The number of amides is 1. The fourth-order valence-electron chi connectivity index (χ4n) is 1.63. The molecule has 0 bridgehead atoms. The molecule has 3 heteroatoms. The Morgan fingerprint density at radius 2 is 1.56 bits per heavy atom. The number of halogens is 1. The Labute approximate surface area is 115 Å². The molecule has 0 spiro atoms. The number of alkyl halides is 1. The predicted molar refractivity (Wildman–Crippen MR) is 77.0 cm³/mol. The highest BCUT2D eigenvalue weighted by molar-refractivity contribution is 6.30. The maximum atomic E-state index is 11.9. The average molecular weight is 268 g/mol. The van der Waals surface area contributed by atoms with Crippen LogP contribution >= 0.6 is 11.6 Å². The lowest BCUT2D eigenvalue weighted by molar-refractivity contribution is -0.122. The summed E-state index contributed by atoms with van der Waals surface area (Å²) in [6.07, 6.45) is 0. The van der Waals surface area contributed by atoms with E-state index in [-0.39, 0.29) is 11.4 Å². The van der Waals surface area contributed by atoms with E-state index < -0.39 is 5.38 Å². The second kappa shape index (κ2) is 5.75. The van der Waals surface area contributed by atoms with Crippen molar-refractivity contribution in [1.82, 2.24) is 5.32 Å². The van der Waals surface area contributed by atoms with Crippen molar-refractivity contribution in [2.45, 2.75) is 51.5 Å². The van der Waals surface area contributed by atoms with E-state index >= 15 is 0 Å². The Bertz CT molecular complexity index is 403. The highest BCUT2D eigenvalue weighted by Gasteiger charge is 2.22. The molecule has 18 heavy (non-hydrogen) atoms. The smallest absolute Gasteiger partial charge is 0.242 e. The van der Waals surface area contributed by atoms with Crippen molar-refractivity contribution in [3.05, 3.63) is 35.4 Å². The Balaban J connectivity index is 2.78. The van der Waals surface area contributed by atoms with Gasteiger partial charge >= 0.3 is 0 Å². The standard InChI is InChI=1S/C15H22ClNO/c1-10(2)11-6-8-12(9-7-11)13(16)14(18)17-15(3,4)5/h6-10,13H,1-5H3,(H,17,18).